The SMILES string of the molecule is Cc1ccc(C(=O)N(C)C)cc1NC(=O)CNC(C)C. The smallest absolute Gasteiger partial charge is 0.253 e. The number of aryl methyl sites for hydroxylation is 1. The summed E-state index contributed by atoms with van der Waals surface area (Å²) >= 11 is 0. The molecule has 0 saturated carbocycles. The Balaban J connectivity index is 2.81. The highest BCUT2D eigenvalue weighted by atomic mass is 16.2. The lowest BCUT2D eigenvalue weighted by molar-refractivity contribution is -0.115. The van der Waals surface area contributed by atoms with Crippen molar-refractivity contribution in [1.82, 2.24) is 10.2 Å². The zero-order valence-corrected chi connectivity index (χ0v) is 12.8. The van der Waals surface area contributed by atoms with Gasteiger partial charge in [-0.15, -0.1) is 0 Å². The van der Waals surface area contributed by atoms with Crippen LogP contribution in [0.1, 0.15) is 29.8 Å². The van der Waals surface area contributed by atoms with Crippen LogP contribution in [0.25, 0.3) is 0 Å². The number of anilines is 1. The van der Waals surface area contributed by atoms with E-state index in [9.17, 15) is 9.59 Å². The maximum absolute atomic E-state index is 11.9. The number of hydrogen-bond donors (Lipinski definition) is 2. The molecule has 0 heterocycles. The number of benzene rings is 1. The number of nitrogens with zero attached hydrogens (tertiary/aromatic N) is 1. The van der Waals surface area contributed by atoms with Crippen LogP contribution in [-0.4, -0.2) is 43.4 Å². The van der Waals surface area contributed by atoms with Gasteiger partial charge in [-0.05, 0) is 24.6 Å². The molecule has 0 aliphatic heterocycles. The van der Waals surface area contributed by atoms with Gasteiger partial charge in [0.1, 0.15) is 0 Å². The molecule has 110 valence electrons. The molecule has 0 unspecified atom stereocenters. The van der Waals surface area contributed by atoms with E-state index in [0.29, 0.717) is 11.3 Å². The molecule has 0 spiro atoms. The fourth-order valence-electron chi connectivity index (χ4n) is 1.64. The van der Waals surface area contributed by atoms with E-state index in [1.165, 1.54) is 4.90 Å². The molecule has 20 heavy (non-hydrogen) atoms. The predicted molar refractivity (Wildman–Crippen MR) is 81.0 cm³/mol. The minimum Gasteiger partial charge on any atom is -0.345 e. The average Bonchev–Trinajstić information content (AvgIpc) is 2.38. The van der Waals surface area contributed by atoms with Gasteiger partial charge < -0.3 is 15.5 Å². The van der Waals surface area contributed by atoms with Crippen LogP contribution in [-0.2, 0) is 4.79 Å². The van der Waals surface area contributed by atoms with Crippen molar-refractivity contribution in [2.45, 2.75) is 26.8 Å². The summed E-state index contributed by atoms with van der Waals surface area (Å²) in [7, 11) is 3.40. The molecule has 0 saturated heterocycles. The van der Waals surface area contributed by atoms with Gasteiger partial charge in [0.15, 0.2) is 0 Å². The molecule has 1 aromatic carbocycles. The van der Waals surface area contributed by atoms with Crippen LogP contribution in [0.15, 0.2) is 18.2 Å². The minimum absolute atomic E-state index is 0.0826. The lowest BCUT2D eigenvalue weighted by Gasteiger charge is -2.14. The molecule has 1 aromatic rings. The second-order valence-electron chi connectivity index (χ2n) is 5.31. The lowest BCUT2D eigenvalue weighted by atomic mass is 10.1. The van der Waals surface area contributed by atoms with Crippen molar-refractivity contribution in [3.63, 3.8) is 0 Å². The van der Waals surface area contributed by atoms with Crippen molar-refractivity contribution in [1.29, 1.82) is 0 Å². The predicted octanol–water partition coefficient (Wildman–Crippen LogP) is 1.63. The molecule has 0 aromatic heterocycles. The quantitative estimate of drug-likeness (QED) is 0.860. The highest BCUT2D eigenvalue weighted by molar-refractivity contribution is 5.98. The Labute approximate surface area is 120 Å². The molecule has 0 radical (unpaired) electrons. The Kier molecular flexibility index (Phi) is 5.70. The molecule has 0 fully saturated rings. The molecular weight excluding hydrogens is 254 g/mol. The van der Waals surface area contributed by atoms with Crippen molar-refractivity contribution < 1.29 is 9.59 Å². The highest BCUT2D eigenvalue weighted by Gasteiger charge is 2.11. The maximum Gasteiger partial charge on any atom is 0.253 e. The summed E-state index contributed by atoms with van der Waals surface area (Å²) in [6, 6.07) is 5.57. The minimum atomic E-state index is -0.115. The zero-order chi connectivity index (χ0) is 15.3. The third-order valence-electron chi connectivity index (χ3n) is 2.84. The van der Waals surface area contributed by atoms with Crippen molar-refractivity contribution in [2.75, 3.05) is 26.0 Å². The van der Waals surface area contributed by atoms with Gasteiger partial charge >= 0.3 is 0 Å². The summed E-state index contributed by atoms with van der Waals surface area (Å²) in [6.45, 7) is 6.11. The first-order valence-corrected chi connectivity index (χ1v) is 6.66. The van der Waals surface area contributed by atoms with E-state index in [2.05, 4.69) is 10.6 Å². The van der Waals surface area contributed by atoms with Crippen LogP contribution in [0.3, 0.4) is 0 Å². The summed E-state index contributed by atoms with van der Waals surface area (Å²) < 4.78 is 0. The molecule has 2 N–H and O–H groups in total. The Morgan fingerprint density at radius 3 is 2.45 bits per heavy atom. The normalized spacial score (nSPS) is 10.5. The van der Waals surface area contributed by atoms with E-state index in [-0.39, 0.29) is 24.4 Å². The van der Waals surface area contributed by atoms with Crippen molar-refractivity contribution in [3.05, 3.63) is 29.3 Å². The molecular formula is C15H23N3O2. The van der Waals surface area contributed by atoms with Crippen molar-refractivity contribution in [2.24, 2.45) is 0 Å². The molecule has 5 heteroatoms. The number of hydrogen-bond acceptors (Lipinski definition) is 3. The van der Waals surface area contributed by atoms with Crippen molar-refractivity contribution in [3.8, 4) is 0 Å². The van der Waals surface area contributed by atoms with Crippen LogP contribution < -0.4 is 10.6 Å². The van der Waals surface area contributed by atoms with Crippen LogP contribution in [0.5, 0.6) is 0 Å². The van der Waals surface area contributed by atoms with Gasteiger partial charge in [-0.3, -0.25) is 9.59 Å². The Morgan fingerprint density at radius 1 is 1.25 bits per heavy atom. The molecule has 0 aliphatic rings. The van der Waals surface area contributed by atoms with Crippen LogP contribution in [0.4, 0.5) is 5.69 Å². The van der Waals surface area contributed by atoms with Gasteiger partial charge in [0.2, 0.25) is 5.91 Å². The van der Waals surface area contributed by atoms with Gasteiger partial charge in [0.25, 0.3) is 5.91 Å². The first-order valence-electron chi connectivity index (χ1n) is 6.66. The van der Waals surface area contributed by atoms with Crippen molar-refractivity contribution >= 4 is 17.5 Å². The number of nitrogens with one attached hydrogen (secondary N) is 2. The molecule has 0 aliphatic carbocycles. The zero-order valence-electron chi connectivity index (χ0n) is 12.8. The van der Waals surface area contributed by atoms with Crippen LogP contribution >= 0.6 is 0 Å². The summed E-state index contributed by atoms with van der Waals surface area (Å²) in [6.07, 6.45) is 0. The summed E-state index contributed by atoms with van der Waals surface area (Å²) in [4.78, 5) is 25.2. The van der Waals surface area contributed by atoms with E-state index < -0.39 is 0 Å². The Bertz CT molecular complexity index is 496. The average molecular weight is 277 g/mol. The fourth-order valence-corrected chi connectivity index (χ4v) is 1.64. The first-order chi connectivity index (χ1) is 9.31. The van der Waals surface area contributed by atoms with E-state index in [1.54, 1.807) is 26.2 Å². The monoisotopic (exact) mass is 277 g/mol. The van der Waals surface area contributed by atoms with Gasteiger partial charge in [0, 0.05) is 31.4 Å². The van der Waals surface area contributed by atoms with Gasteiger partial charge in [-0.25, -0.2) is 0 Å². The summed E-state index contributed by atoms with van der Waals surface area (Å²) in [5.74, 6) is -0.197. The first kappa shape index (κ1) is 16.2. The number of rotatable bonds is 5. The maximum atomic E-state index is 11.9. The van der Waals surface area contributed by atoms with E-state index in [4.69, 9.17) is 0 Å². The Morgan fingerprint density at radius 2 is 1.90 bits per heavy atom. The molecule has 2 amide bonds. The van der Waals surface area contributed by atoms with Gasteiger partial charge in [-0.2, -0.15) is 0 Å². The van der Waals surface area contributed by atoms with Gasteiger partial charge in [0.05, 0.1) is 6.54 Å². The topological polar surface area (TPSA) is 61.4 Å². The molecule has 5 nitrogen and oxygen atoms in total. The van der Waals surface area contributed by atoms with E-state index in [1.807, 2.05) is 26.8 Å². The lowest BCUT2D eigenvalue weighted by Crippen LogP contribution is -2.32. The third kappa shape index (κ3) is 4.66. The molecule has 0 atom stereocenters. The highest BCUT2D eigenvalue weighted by Crippen LogP contribution is 2.17. The summed E-state index contributed by atoms with van der Waals surface area (Å²) in [5.41, 5.74) is 2.17. The largest absolute Gasteiger partial charge is 0.345 e. The number of carbonyl (C=O) groups is 2. The molecule has 1 rings (SSSR count). The van der Waals surface area contributed by atoms with Gasteiger partial charge in [-0.1, -0.05) is 19.9 Å². The van der Waals surface area contributed by atoms with E-state index in [0.717, 1.165) is 5.56 Å². The molecule has 0 bridgehead atoms. The van der Waals surface area contributed by atoms with Crippen LogP contribution in [0, 0.1) is 6.92 Å². The summed E-state index contributed by atoms with van der Waals surface area (Å²) in [5, 5.41) is 5.88. The second kappa shape index (κ2) is 7.05. The van der Waals surface area contributed by atoms with E-state index >= 15 is 0 Å². The third-order valence-corrected chi connectivity index (χ3v) is 2.84. The standard InChI is InChI=1S/C15H23N3O2/c1-10(2)16-9-14(19)17-13-8-12(7-6-11(13)3)15(20)18(4)5/h6-8,10,16H,9H2,1-5H3,(H,17,19). The van der Waals surface area contributed by atoms with Crippen LogP contribution in [0.2, 0.25) is 0 Å². The second-order valence-corrected chi connectivity index (χ2v) is 5.31. The number of amides is 2. The Hall–Kier alpha value is -1.88. The fraction of sp³-hybridized carbons (Fsp3) is 0.467. The number of carbonyl (C=O) groups excluding carboxylic acids is 2.